The third-order valence-electron chi connectivity index (χ3n) is 1.72. The molecule has 0 saturated heterocycles. The average molecular weight is 161 g/mol. The summed E-state index contributed by atoms with van der Waals surface area (Å²) < 4.78 is 13.1. The van der Waals surface area contributed by atoms with E-state index in [9.17, 15) is 4.39 Å². The smallest absolute Gasteiger partial charge is 0.118 e. The summed E-state index contributed by atoms with van der Waals surface area (Å²) in [7, 11) is 0. The summed E-state index contributed by atoms with van der Waals surface area (Å²) in [5, 5.41) is 0. The number of halogens is 1. The van der Waals surface area contributed by atoms with E-state index in [4.69, 9.17) is 0 Å². The molecule has 0 saturated carbocycles. The van der Waals surface area contributed by atoms with Crippen molar-refractivity contribution in [3.63, 3.8) is 0 Å². The highest BCUT2D eigenvalue weighted by atomic mass is 19.1. The summed E-state index contributed by atoms with van der Waals surface area (Å²) in [5.74, 6) is 0. The Kier molecular flexibility index (Phi) is 4.01. The van der Waals surface area contributed by atoms with Crippen molar-refractivity contribution in [2.75, 3.05) is 13.1 Å². The molecule has 0 aliphatic rings. The summed E-state index contributed by atoms with van der Waals surface area (Å²) in [6, 6.07) is 0.440. The van der Waals surface area contributed by atoms with Crippen molar-refractivity contribution in [1.29, 1.82) is 0 Å². The average Bonchev–Trinajstić information content (AvgIpc) is 1.80. The van der Waals surface area contributed by atoms with Gasteiger partial charge in [0.1, 0.15) is 5.67 Å². The fraction of sp³-hybridized carbons (Fsp3) is 1.00. The number of rotatable bonds is 4. The Morgan fingerprint density at radius 2 is 1.82 bits per heavy atom. The van der Waals surface area contributed by atoms with E-state index in [1.807, 2.05) is 0 Å². The van der Waals surface area contributed by atoms with Crippen LogP contribution in [-0.4, -0.2) is 29.7 Å². The Hall–Kier alpha value is -0.110. The molecule has 0 spiro atoms. The van der Waals surface area contributed by atoms with Gasteiger partial charge in [-0.25, -0.2) is 4.39 Å². The van der Waals surface area contributed by atoms with E-state index in [-0.39, 0.29) is 0 Å². The van der Waals surface area contributed by atoms with Crippen molar-refractivity contribution >= 4 is 0 Å². The van der Waals surface area contributed by atoms with Gasteiger partial charge in [-0.05, 0) is 34.2 Å². The largest absolute Gasteiger partial charge is 0.298 e. The third kappa shape index (κ3) is 5.19. The highest BCUT2D eigenvalue weighted by Gasteiger charge is 2.20. The van der Waals surface area contributed by atoms with Gasteiger partial charge in [-0.2, -0.15) is 0 Å². The van der Waals surface area contributed by atoms with Crippen LogP contribution in [0.15, 0.2) is 0 Å². The minimum Gasteiger partial charge on any atom is -0.298 e. The van der Waals surface area contributed by atoms with Gasteiger partial charge in [0.15, 0.2) is 0 Å². The standard InChI is InChI=1S/C9H20FN/c1-6-11(8(2)3)7-9(4,5)10/h8H,6-7H2,1-5H3. The maximum Gasteiger partial charge on any atom is 0.118 e. The lowest BCUT2D eigenvalue weighted by Crippen LogP contribution is -2.39. The molecule has 0 atom stereocenters. The van der Waals surface area contributed by atoms with Crippen LogP contribution in [0.1, 0.15) is 34.6 Å². The molecular weight excluding hydrogens is 141 g/mol. The van der Waals surface area contributed by atoms with Crippen LogP contribution in [0.4, 0.5) is 4.39 Å². The lowest BCUT2D eigenvalue weighted by atomic mass is 10.1. The Bertz CT molecular complexity index is 105. The van der Waals surface area contributed by atoms with E-state index in [2.05, 4.69) is 25.7 Å². The molecule has 11 heavy (non-hydrogen) atoms. The van der Waals surface area contributed by atoms with Gasteiger partial charge >= 0.3 is 0 Å². The lowest BCUT2D eigenvalue weighted by molar-refractivity contribution is 0.108. The first-order chi connectivity index (χ1) is 4.87. The highest BCUT2D eigenvalue weighted by molar-refractivity contribution is 4.73. The maximum absolute atomic E-state index is 13.1. The molecule has 0 N–H and O–H groups in total. The summed E-state index contributed by atoms with van der Waals surface area (Å²) in [6.07, 6.45) is 0. The van der Waals surface area contributed by atoms with Crippen LogP contribution in [0.3, 0.4) is 0 Å². The summed E-state index contributed by atoms with van der Waals surface area (Å²) >= 11 is 0. The van der Waals surface area contributed by atoms with E-state index in [1.54, 1.807) is 13.8 Å². The van der Waals surface area contributed by atoms with Crippen LogP contribution in [0.2, 0.25) is 0 Å². The number of hydrogen-bond donors (Lipinski definition) is 0. The van der Waals surface area contributed by atoms with E-state index in [1.165, 1.54) is 0 Å². The van der Waals surface area contributed by atoms with Crippen molar-refractivity contribution in [3.05, 3.63) is 0 Å². The Morgan fingerprint density at radius 1 is 1.36 bits per heavy atom. The molecule has 0 aliphatic carbocycles. The zero-order chi connectivity index (χ0) is 9.07. The zero-order valence-electron chi connectivity index (χ0n) is 8.32. The third-order valence-corrected chi connectivity index (χ3v) is 1.72. The van der Waals surface area contributed by atoms with E-state index in [0.717, 1.165) is 6.54 Å². The second-order valence-electron chi connectivity index (χ2n) is 3.88. The second kappa shape index (κ2) is 4.05. The molecular formula is C9H20FN. The normalized spacial score (nSPS) is 13.1. The van der Waals surface area contributed by atoms with Gasteiger partial charge in [0.25, 0.3) is 0 Å². The van der Waals surface area contributed by atoms with Crippen molar-refractivity contribution in [2.24, 2.45) is 0 Å². The van der Waals surface area contributed by atoms with Crippen LogP contribution >= 0.6 is 0 Å². The summed E-state index contributed by atoms with van der Waals surface area (Å²) in [5.41, 5.74) is -1.07. The molecule has 0 aromatic rings. The predicted molar refractivity (Wildman–Crippen MR) is 47.6 cm³/mol. The van der Waals surface area contributed by atoms with E-state index >= 15 is 0 Å². The topological polar surface area (TPSA) is 3.24 Å². The molecule has 1 nitrogen and oxygen atoms in total. The zero-order valence-corrected chi connectivity index (χ0v) is 8.32. The van der Waals surface area contributed by atoms with Crippen LogP contribution in [0, 0.1) is 0 Å². The second-order valence-corrected chi connectivity index (χ2v) is 3.88. The van der Waals surface area contributed by atoms with Crippen molar-refractivity contribution in [2.45, 2.75) is 46.3 Å². The first kappa shape index (κ1) is 10.9. The quantitative estimate of drug-likeness (QED) is 0.612. The van der Waals surface area contributed by atoms with Crippen LogP contribution in [0.5, 0.6) is 0 Å². The number of hydrogen-bond acceptors (Lipinski definition) is 1. The predicted octanol–water partition coefficient (Wildman–Crippen LogP) is 2.46. The molecule has 0 bridgehead atoms. The van der Waals surface area contributed by atoms with Gasteiger partial charge in [0.2, 0.25) is 0 Å². The summed E-state index contributed by atoms with van der Waals surface area (Å²) in [6.45, 7) is 10.9. The fourth-order valence-electron chi connectivity index (χ4n) is 1.14. The molecule has 0 aromatic carbocycles. The van der Waals surface area contributed by atoms with Crippen molar-refractivity contribution in [1.82, 2.24) is 4.90 Å². The van der Waals surface area contributed by atoms with Gasteiger partial charge in [0.05, 0.1) is 0 Å². The molecule has 0 radical (unpaired) electrons. The molecule has 68 valence electrons. The van der Waals surface area contributed by atoms with Gasteiger partial charge in [-0.1, -0.05) is 6.92 Å². The highest BCUT2D eigenvalue weighted by Crippen LogP contribution is 2.12. The SMILES string of the molecule is CCN(CC(C)(C)F)C(C)C. The minimum absolute atomic E-state index is 0.440. The van der Waals surface area contributed by atoms with Crippen molar-refractivity contribution in [3.8, 4) is 0 Å². The van der Waals surface area contributed by atoms with Crippen LogP contribution in [0.25, 0.3) is 0 Å². The molecule has 0 amide bonds. The number of alkyl halides is 1. The molecule has 0 aliphatic heterocycles. The van der Waals surface area contributed by atoms with Gasteiger partial charge < -0.3 is 0 Å². The Morgan fingerprint density at radius 3 is 1.91 bits per heavy atom. The molecule has 0 unspecified atom stereocenters. The Balaban J connectivity index is 3.88. The van der Waals surface area contributed by atoms with Crippen molar-refractivity contribution < 1.29 is 4.39 Å². The molecule has 0 fully saturated rings. The van der Waals surface area contributed by atoms with E-state index in [0.29, 0.717) is 12.6 Å². The fourth-order valence-corrected chi connectivity index (χ4v) is 1.14. The molecule has 0 rings (SSSR count). The van der Waals surface area contributed by atoms with Crippen LogP contribution in [-0.2, 0) is 0 Å². The molecule has 0 aromatic heterocycles. The first-order valence-corrected chi connectivity index (χ1v) is 4.29. The molecule has 2 heteroatoms. The van der Waals surface area contributed by atoms with Gasteiger partial charge in [-0.15, -0.1) is 0 Å². The summed E-state index contributed by atoms with van der Waals surface area (Å²) in [4.78, 5) is 2.12. The van der Waals surface area contributed by atoms with Gasteiger partial charge in [-0.3, -0.25) is 4.90 Å². The maximum atomic E-state index is 13.1. The monoisotopic (exact) mass is 161 g/mol. The number of nitrogens with zero attached hydrogens (tertiary/aromatic N) is 1. The van der Waals surface area contributed by atoms with Crippen LogP contribution < -0.4 is 0 Å². The minimum atomic E-state index is -1.07. The van der Waals surface area contributed by atoms with Gasteiger partial charge in [0, 0.05) is 12.6 Å². The lowest BCUT2D eigenvalue weighted by Gasteiger charge is -2.29. The first-order valence-electron chi connectivity index (χ1n) is 4.29. The Labute approximate surface area is 69.6 Å². The molecule has 0 heterocycles. The van der Waals surface area contributed by atoms with E-state index < -0.39 is 5.67 Å².